The van der Waals surface area contributed by atoms with Crippen LogP contribution in [0.2, 0.25) is 5.02 Å². The van der Waals surface area contributed by atoms with E-state index in [0.29, 0.717) is 10.7 Å². The van der Waals surface area contributed by atoms with Crippen LogP contribution in [0.4, 0.5) is 0 Å². The van der Waals surface area contributed by atoms with Gasteiger partial charge in [-0.3, -0.25) is 9.89 Å². The van der Waals surface area contributed by atoms with Crippen LogP contribution in [0.25, 0.3) is 17.1 Å². The topological polar surface area (TPSA) is 91.1 Å². The predicted molar refractivity (Wildman–Crippen MR) is 81.8 cm³/mol. The molecule has 22 heavy (non-hydrogen) atoms. The lowest BCUT2D eigenvalue weighted by Gasteiger charge is -2.06. The highest BCUT2D eigenvalue weighted by Gasteiger charge is 2.10. The van der Waals surface area contributed by atoms with E-state index in [4.69, 9.17) is 11.6 Å². The van der Waals surface area contributed by atoms with Crippen molar-refractivity contribution in [2.75, 3.05) is 0 Å². The van der Waals surface area contributed by atoms with Gasteiger partial charge in [0.25, 0.3) is 5.56 Å². The summed E-state index contributed by atoms with van der Waals surface area (Å²) < 4.78 is 1.23. The van der Waals surface area contributed by atoms with Crippen molar-refractivity contribution in [2.45, 2.75) is 6.29 Å². The number of H-pyrrole nitrogens is 1. The number of aliphatic hydroxyl groups excluding tert-OH is 1. The molecule has 2 heterocycles. The lowest BCUT2D eigenvalue weighted by molar-refractivity contribution is -0.0425. The molecule has 1 aromatic carbocycles. The number of hydrogen-bond acceptors (Lipinski definition) is 4. The summed E-state index contributed by atoms with van der Waals surface area (Å²) in [6.07, 6.45) is -0.220. The Kier molecular flexibility index (Phi) is 3.81. The summed E-state index contributed by atoms with van der Waals surface area (Å²) >= 11 is 5.84. The normalized spacial score (nSPS) is 11.1. The predicted octanol–water partition coefficient (Wildman–Crippen LogP) is 1.86. The lowest BCUT2D eigenvalue weighted by atomic mass is 10.2. The monoisotopic (exact) mass is 317 g/mol. The highest BCUT2D eigenvalue weighted by Crippen LogP contribution is 2.19. The molecule has 0 aliphatic carbocycles. The SMILES string of the molecule is O=c1cc(-c2ccc(Cl)cc2)[nH]n1-c1cc(C(O)O)ccn1. The van der Waals surface area contributed by atoms with Crippen LogP contribution < -0.4 is 5.56 Å². The average molecular weight is 318 g/mol. The summed E-state index contributed by atoms with van der Waals surface area (Å²) in [5, 5.41) is 21.9. The Morgan fingerprint density at radius 1 is 1.14 bits per heavy atom. The largest absolute Gasteiger partial charge is 0.364 e. The molecule has 0 amide bonds. The molecule has 0 saturated carbocycles. The number of rotatable bonds is 3. The molecule has 0 saturated heterocycles. The highest BCUT2D eigenvalue weighted by molar-refractivity contribution is 6.30. The second kappa shape index (κ2) is 5.76. The van der Waals surface area contributed by atoms with Gasteiger partial charge in [-0.2, -0.15) is 0 Å². The van der Waals surface area contributed by atoms with Crippen molar-refractivity contribution in [1.29, 1.82) is 0 Å². The van der Waals surface area contributed by atoms with E-state index < -0.39 is 6.29 Å². The van der Waals surface area contributed by atoms with Crippen LogP contribution >= 0.6 is 11.6 Å². The fourth-order valence-corrected chi connectivity index (χ4v) is 2.19. The van der Waals surface area contributed by atoms with E-state index in [2.05, 4.69) is 10.1 Å². The number of nitrogens with zero attached hydrogens (tertiary/aromatic N) is 2. The van der Waals surface area contributed by atoms with Crippen LogP contribution in [0, 0.1) is 0 Å². The Morgan fingerprint density at radius 3 is 2.55 bits per heavy atom. The first-order valence-corrected chi connectivity index (χ1v) is 6.83. The number of nitrogens with one attached hydrogen (secondary N) is 1. The molecule has 2 aromatic heterocycles. The third kappa shape index (κ3) is 2.80. The minimum atomic E-state index is -1.62. The number of hydrogen-bond donors (Lipinski definition) is 3. The molecule has 0 atom stereocenters. The molecule has 3 aromatic rings. The smallest absolute Gasteiger partial charge is 0.273 e. The number of aliphatic hydroxyl groups is 2. The third-order valence-corrected chi connectivity index (χ3v) is 3.42. The van der Waals surface area contributed by atoms with Crippen LogP contribution in [0.15, 0.2) is 53.5 Å². The minimum absolute atomic E-state index is 0.250. The fraction of sp³-hybridized carbons (Fsp3) is 0.0667. The number of aromatic nitrogens is 3. The molecule has 0 spiro atoms. The number of aromatic amines is 1. The molecule has 6 nitrogen and oxygen atoms in total. The molecule has 0 bridgehead atoms. The molecular formula is C15H12ClN3O3. The Bertz CT molecular complexity index is 853. The second-order valence-corrected chi connectivity index (χ2v) is 5.11. The van der Waals surface area contributed by atoms with Crippen LogP contribution in [-0.2, 0) is 0 Å². The van der Waals surface area contributed by atoms with E-state index in [1.807, 2.05) is 0 Å². The van der Waals surface area contributed by atoms with Gasteiger partial charge < -0.3 is 10.2 Å². The molecule has 0 aliphatic heterocycles. The van der Waals surface area contributed by atoms with Crippen molar-refractivity contribution in [3.8, 4) is 17.1 Å². The molecular weight excluding hydrogens is 306 g/mol. The maximum absolute atomic E-state index is 12.1. The maximum Gasteiger partial charge on any atom is 0.273 e. The van der Waals surface area contributed by atoms with Crippen molar-refractivity contribution < 1.29 is 10.2 Å². The zero-order chi connectivity index (χ0) is 15.7. The van der Waals surface area contributed by atoms with Gasteiger partial charge in [0.2, 0.25) is 0 Å². The maximum atomic E-state index is 12.1. The Labute approximate surface area is 130 Å². The Morgan fingerprint density at radius 2 is 1.86 bits per heavy atom. The highest BCUT2D eigenvalue weighted by atomic mass is 35.5. The van der Waals surface area contributed by atoms with Gasteiger partial charge in [-0.25, -0.2) is 9.67 Å². The molecule has 0 unspecified atom stereocenters. The van der Waals surface area contributed by atoms with Crippen molar-refractivity contribution in [3.05, 3.63) is 69.6 Å². The van der Waals surface area contributed by atoms with E-state index in [1.54, 1.807) is 24.3 Å². The average Bonchev–Trinajstić information content (AvgIpc) is 2.90. The summed E-state index contributed by atoms with van der Waals surface area (Å²) in [7, 11) is 0. The van der Waals surface area contributed by atoms with Gasteiger partial charge in [-0.05, 0) is 29.8 Å². The van der Waals surface area contributed by atoms with E-state index in [0.717, 1.165) is 5.56 Å². The van der Waals surface area contributed by atoms with E-state index in [1.165, 1.54) is 29.1 Å². The number of halogens is 1. The molecule has 0 radical (unpaired) electrons. The Hall–Kier alpha value is -2.41. The first-order valence-electron chi connectivity index (χ1n) is 6.45. The van der Waals surface area contributed by atoms with E-state index in [-0.39, 0.29) is 16.9 Å². The third-order valence-electron chi connectivity index (χ3n) is 3.17. The summed E-state index contributed by atoms with van der Waals surface area (Å²) in [4.78, 5) is 16.2. The molecule has 0 aliphatic rings. The van der Waals surface area contributed by atoms with Crippen LogP contribution in [0.3, 0.4) is 0 Å². The van der Waals surface area contributed by atoms with Gasteiger partial charge in [0.15, 0.2) is 12.1 Å². The molecule has 3 N–H and O–H groups in total. The van der Waals surface area contributed by atoms with Crippen molar-refractivity contribution in [3.63, 3.8) is 0 Å². The van der Waals surface area contributed by atoms with Gasteiger partial charge in [0.05, 0.1) is 5.69 Å². The fourth-order valence-electron chi connectivity index (χ4n) is 2.06. The molecule has 3 rings (SSSR count). The number of benzene rings is 1. The van der Waals surface area contributed by atoms with Gasteiger partial charge in [-0.15, -0.1) is 0 Å². The van der Waals surface area contributed by atoms with E-state index >= 15 is 0 Å². The minimum Gasteiger partial charge on any atom is -0.364 e. The first kappa shape index (κ1) is 14.5. The van der Waals surface area contributed by atoms with Crippen molar-refractivity contribution in [1.82, 2.24) is 14.8 Å². The summed E-state index contributed by atoms with van der Waals surface area (Å²) in [5.74, 6) is 0.274. The van der Waals surface area contributed by atoms with Gasteiger partial charge in [0, 0.05) is 22.8 Å². The summed E-state index contributed by atoms with van der Waals surface area (Å²) in [6, 6.07) is 11.4. The quantitative estimate of drug-likeness (QED) is 0.643. The van der Waals surface area contributed by atoms with Crippen molar-refractivity contribution in [2.24, 2.45) is 0 Å². The van der Waals surface area contributed by atoms with Gasteiger partial charge in [0.1, 0.15) is 0 Å². The number of pyridine rings is 1. The van der Waals surface area contributed by atoms with E-state index in [9.17, 15) is 15.0 Å². The van der Waals surface area contributed by atoms with Crippen LogP contribution in [0.1, 0.15) is 11.9 Å². The molecule has 0 fully saturated rings. The summed E-state index contributed by atoms with van der Waals surface area (Å²) in [5.41, 5.74) is 1.36. The first-order chi connectivity index (χ1) is 10.5. The Balaban J connectivity index is 2.04. The van der Waals surface area contributed by atoms with Gasteiger partial charge in [-0.1, -0.05) is 23.7 Å². The zero-order valence-corrected chi connectivity index (χ0v) is 12.0. The summed E-state index contributed by atoms with van der Waals surface area (Å²) in [6.45, 7) is 0. The van der Waals surface area contributed by atoms with Crippen LogP contribution in [0.5, 0.6) is 0 Å². The van der Waals surface area contributed by atoms with Crippen molar-refractivity contribution >= 4 is 11.6 Å². The standard InChI is InChI=1S/C15H12ClN3O3/c16-11-3-1-9(2-4-11)12-8-14(20)19(18-12)13-7-10(15(21)22)5-6-17-13/h1-8,15,18,21-22H. The molecule has 7 heteroatoms. The van der Waals surface area contributed by atoms with Crippen LogP contribution in [-0.4, -0.2) is 25.0 Å². The lowest BCUT2D eigenvalue weighted by Crippen LogP contribution is -2.15. The second-order valence-electron chi connectivity index (χ2n) is 4.67. The van der Waals surface area contributed by atoms with Gasteiger partial charge >= 0.3 is 0 Å². The molecule has 112 valence electrons. The zero-order valence-electron chi connectivity index (χ0n) is 11.3.